The lowest BCUT2D eigenvalue weighted by molar-refractivity contribution is -0.142. The molecule has 0 bridgehead atoms. The third kappa shape index (κ3) is 34.1. The van der Waals surface area contributed by atoms with E-state index in [1.54, 1.807) is 41.5 Å². The largest absolute Gasteiger partial charge is 0.480 e. The number of carbonyl (C=O) groups is 15. The molecule has 0 aliphatic carbocycles. The van der Waals surface area contributed by atoms with Crippen LogP contribution in [0.2, 0.25) is 0 Å². The summed E-state index contributed by atoms with van der Waals surface area (Å²) in [5, 5.41) is 66.9. The van der Waals surface area contributed by atoms with Crippen molar-refractivity contribution < 1.29 is 87.2 Å². The van der Waals surface area contributed by atoms with Gasteiger partial charge in [-0.3, -0.25) is 72.1 Å². The number of guanidine groups is 1. The Labute approximate surface area is 620 Å². The van der Waals surface area contributed by atoms with Crippen LogP contribution >= 0.6 is 0 Å². The summed E-state index contributed by atoms with van der Waals surface area (Å²) in [4.78, 5) is 208. The number of nitrogens with zero attached hydrogens (tertiary/aromatic N) is 2. The van der Waals surface area contributed by atoms with Gasteiger partial charge in [0.15, 0.2) is 5.96 Å². The van der Waals surface area contributed by atoms with Gasteiger partial charge in [-0.15, -0.1) is 0 Å². The van der Waals surface area contributed by atoms with Crippen LogP contribution in [0.1, 0.15) is 172 Å². The lowest BCUT2D eigenvalue weighted by Crippen LogP contribution is -2.62. The average Bonchev–Trinajstić information content (AvgIpc) is 1.65. The molecular weight excluding hydrogens is 1380 g/mol. The average molecular weight is 1510 g/mol. The number of aliphatic hydroxyl groups excluding tert-OH is 2. The van der Waals surface area contributed by atoms with Gasteiger partial charge in [-0.2, -0.15) is 0 Å². The molecule has 0 aromatic heterocycles. The molecule has 2 aliphatic heterocycles. The van der Waals surface area contributed by atoms with Crippen molar-refractivity contribution in [2.24, 2.45) is 51.6 Å². The molecule has 2 saturated heterocycles. The Kier molecular flexibility index (Phi) is 42.5. The molecule has 0 saturated carbocycles. The number of rotatable bonds is 49. The first kappa shape index (κ1) is 93.2. The van der Waals surface area contributed by atoms with Crippen LogP contribution in [-0.4, -0.2) is 252 Å². The summed E-state index contributed by atoms with van der Waals surface area (Å²) in [6, 6.07) is -16.5. The number of unbranched alkanes of at least 4 members (excludes halogenated alkanes) is 2. The summed E-state index contributed by atoms with van der Waals surface area (Å²) < 4.78 is 0. The quantitative estimate of drug-likeness (QED) is 0.0153. The van der Waals surface area contributed by atoms with Crippen LogP contribution in [0.25, 0.3) is 0 Å². The minimum atomic E-state index is -1.78. The van der Waals surface area contributed by atoms with E-state index in [9.17, 15) is 87.2 Å². The number of carboxylic acids is 1. The van der Waals surface area contributed by atoms with Gasteiger partial charge < -0.3 is 118 Å². The standard InChI is InChI=1S/C68H122N20O18/c1-35(2)29-46(83-57(95)42-21-16-26-73-42)60(98)77-40(10)56(94)81-44(22-17-27-74-68(71)72)59(97)87-54(41(11)90)65(103)84-47(30-36(3)4)61(99)85-49(34-89)62(100)86-53(38(7)8)64(102)78-39(9)55(93)75-32-52(92)80-48(31-37(5)6)66(104)88-28-18-23-50(88)63(101)76-33-51(91)79-43(19-12-14-24-69)58(96)82-45(67(105)106)20-13-15-25-70/h35-50,53-54,73,89-90H,12-34,69-70H2,1-11H3,(H,75,93)(H,76,101)(H,77,98)(H,78,102)(H,79,91)(H,80,92)(H,81,94)(H,82,96)(H,83,95)(H,84,103)(H,85,99)(H,86,100)(H,87,97)(H,105,106)(H4,71,72,74)/t39-,40-,41+,42-,43-,44-,45-,46-,47-,48-,49-,50-,53-,54?/m0/s1. The monoisotopic (exact) mass is 1510 g/mol. The molecule has 25 N–H and O–H groups in total. The van der Waals surface area contributed by atoms with Crippen LogP contribution in [0, 0.1) is 23.7 Å². The third-order valence-corrected chi connectivity index (χ3v) is 17.4. The molecule has 2 rings (SSSR count). The van der Waals surface area contributed by atoms with Gasteiger partial charge in [0.1, 0.15) is 72.5 Å². The number of hydrogen-bond acceptors (Lipinski definition) is 21. The summed E-state index contributed by atoms with van der Waals surface area (Å²) >= 11 is 0. The van der Waals surface area contributed by atoms with Crippen molar-refractivity contribution in [3.8, 4) is 0 Å². The summed E-state index contributed by atoms with van der Waals surface area (Å²) in [6.45, 7) is 16.8. The van der Waals surface area contributed by atoms with Crippen molar-refractivity contribution in [1.29, 1.82) is 0 Å². The number of nitrogens with two attached hydrogens (primary N) is 4. The van der Waals surface area contributed by atoms with Gasteiger partial charge in [0.25, 0.3) is 0 Å². The van der Waals surface area contributed by atoms with E-state index in [1.165, 1.54) is 25.7 Å². The predicted octanol–water partition coefficient (Wildman–Crippen LogP) is -6.10. The first-order chi connectivity index (χ1) is 49.8. The molecule has 38 heteroatoms. The van der Waals surface area contributed by atoms with Crippen LogP contribution in [0.15, 0.2) is 4.99 Å². The fourth-order valence-corrected chi connectivity index (χ4v) is 11.7. The van der Waals surface area contributed by atoms with Crippen molar-refractivity contribution >= 4 is 94.6 Å². The van der Waals surface area contributed by atoms with Gasteiger partial charge in [0.2, 0.25) is 82.7 Å². The number of aliphatic imine (C=N–C) groups is 1. The Balaban J connectivity index is 2.15. The number of aliphatic hydroxyl groups is 2. The second kappa shape index (κ2) is 48.3. The van der Waals surface area contributed by atoms with Gasteiger partial charge in [-0.05, 0) is 160 Å². The van der Waals surface area contributed by atoms with E-state index in [2.05, 4.69) is 79.4 Å². The zero-order valence-electron chi connectivity index (χ0n) is 63.3. The molecule has 38 nitrogen and oxygen atoms in total. The Morgan fingerprint density at radius 2 is 0.925 bits per heavy atom. The highest BCUT2D eigenvalue weighted by molar-refractivity contribution is 6.00. The van der Waals surface area contributed by atoms with E-state index in [4.69, 9.17) is 22.9 Å². The van der Waals surface area contributed by atoms with E-state index >= 15 is 0 Å². The topological polar surface area (TPSA) is 605 Å². The number of likely N-dealkylation sites (tertiary alicyclic amines) is 1. The maximum Gasteiger partial charge on any atom is 0.326 e. The highest BCUT2D eigenvalue weighted by Gasteiger charge is 2.40. The number of amides is 14. The van der Waals surface area contributed by atoms with Gasteiger partial charge in [0.05, 0.1) is 31.8 Å². The number of hydrogen-bond donors (Lipinski definition) is 21. The molecule has 0 spiro atoms. The Bertz CT molecular complexity index is 2960. The summed E-state index contributed by atoms with van der Waals surface area (Å²) in [7, 11) is 0. The molecule has 106 heavy (non-hydrogen) atoms. The molecule has 2 heterocycles. The van der Waals surface area contributed by atoms with E-state index in [-0.39, 0.29) is 94.1 Å². The second-order valence-electron chi connectivity index (χ2n) is 28.7. The molecule has 602 valence electrons. The molecule has 14 amide bonds. The Hall–Kier alpha value is -8.88. The highest BCUT2D eigenvalue weighted by atomic mass is 16.4. The molecule has 14 atom stereocenters. The fourth-order valence-electron chi connectivity index (χ4n) is 11.7. The molecule has 2 fully saturated rings. The van der Waals surface area contributed by atoms with Crippen LogP contribution < -0.4 is 97.4 Å². The van der Waals surface area contributed by atoms with Crippen LogP contribution in [0.4, 0.5) is 0 Å². The van der Waals surface area contributed by atoms with Crippen molar-refractivity contribution in [1.82, 2.24) is 79.3 Å². The lowest BCUT2D eigenvalue weighted by Gasteiger charge is -2.29. The summed E-state index contributed by atoms with van der Waals surface area (Å²) in [5.41, 5.74) is 22.2. The molecule has 2 aliphatic rings. The van der Waals surface area contributed by atoms with E-state index in [0.717, 1.165) is 6.42 Å². The SMILES string of the molecule is CC(C)C[C@H](NC(=O)C(NC(=O)[C@H](CCCN=C(N)N)NC(=O)[C@H](C)NC(=O)[C@H](CC(C)C)NC(=O)[C@@H]1CCCN1)[C@@H](C)O)C(=O)N[C@@H](CO)C(=O)N[C@H](C(=O)N[C@@H](C)C(=O)NCC(=O)N[C@@H](CC(C)C)C(=O)N1CCC[C@H]1C(=O)NCC(=O)N[C@@H](CCCCN)C(=O)N[C@@H](CCCCN)C(=O)O)C(C)C. The van der Waals surface area contributed by atoms with E-state index in [0.29, 0.717) is 58.2 Å². The predicted molar refractivity (Wildman–Crippen MR) is 390 cm³/mol. The number of nitrogens with one attached hydrogen (secondary N) is 14. The number of aliphatic carboxylic acids is 1. The third-order valence-electron chi connectivity index (χ3n) is 17.4. The van der Waals surface area contributed by atoms with Crippen molar-refractivity contribution in [2.75, 3.05) is 52.4 Å². The molecule has 0 aromatic rings. The molecule has 1 unspecified atom stereocenters. The first-order valence-corrected chi connectivity index (χ1v) is 36.7. The van der Waals surface area contributed by atoms with Crippen molar-refractivity contribution in [3.63, 3.8) is 0 Å². The molecule has 0 aromatic carbocycles. The van der Waals surface area contributed by atoms with Crippen LogP contribution in [0.3, 0.4) is 0 Å². The summed E-state index contributed by atoms with van der Waals surface area (Å²) in [6.07, 6.45) is 2.76. The molecular formula is C68H122N20O18. The maximum absolute atomic E-state index is 14.2. The second-order valence-corrected chi connectivity index (χ2v) is 28.7. The fraction of sp³-hybridized carbons (Fsp3) is 0.765. The van der Waals surface area contributed by atoms with Crippen molar-refractivity contribution in [3.05, 3.63) is 0 Å². The minimum Gasteiger partial charge on any atom is -0.480 e. The van der Waals surface area contributed by atoms with Crippen LogP contribution in [-0.2, 0) is 71.9 Å². The zero-order valence-corrected chi connectivity index (χ0v) is 63.3. The van der Waals surface area contributed by atoms with Crippen LogP contribution in [0.5, 0.6) is 0 Å². The van der Waals surface area contributed by atoms with Gasteiger partial charge in [-0.25, -0.2) is 4.79 Å². The minimum absolute atomic E-state index is 0.00982. The summed E-state index contributed by atoms with van der Waals surface area (Å²) in [5.74, 6) is -14.0. The first-order valence-electron chi connectivity index (χ1n) is 36.7. The lowest BCUT2D eigenvalue weighted by atomic mass is 10.0. The van der Waals surface area contributed by atoms with Gasteiger partial charge >= 0.3 is 5.97 Å². The van der Waals surface area contributed by atoms with Gasteiger partial charge in [-0.1, -0.05) is 55.4 Å². The van der Waals surface area contributed by atoms with Gasteiger partial charge in [0, 0.05) is 13.1 Å². The van der Waals surface area contributed by atoms with Crippen molar-refractivity contribution in [2.45, 2.75) is 257 Å². The highest BCUT2D eigenvalue weighted by Crippen LogP contribution is 2.21. The molecule has 0 radical (unpaired) electrons. The normalized spacial score (nSPS) is 17.6. The Morgan fingerprint density at radius 3 is 1.46 bits per heavy atom. The Morgan fingerprint density at radius 1 is 0.472 bits per heavy atom. The van der Waals surface area contributed by atoms with E-state index in [1.807, 2.05) is 13.8 Å². The number of carboxylic acid groups (broad SMARTS) is 1. The maximum atomic E-state index is 14.2. The smallest absolute Gasteiger partial charge is 0.326 e. The zero-order chi connectivity index (χ0) is 80.1. The van der Waals surface area contributed by atoms with E-state index < -0.39 is 193 Å². The number of carbonyl (C=O) groups excluding carboxylic acids is 14.